The van der Waals surface area contributed by atoms with Crippen molar-refractivity contribution in [1.82, 2.24) is 9.55 Å². The number of aromatic nitrogens is 2. The summed E-state index contributed by atoms with van der Waals surface area (Å²) in [6.45, 7) is 1.76. The minimum absolute atomic E-state index is 0.310. The molecule has 2 heterocycles. The zero-order chi connectivity index (χ0) is 14.7. The molecule has 0 radical (unpaired) electrons. The second-order valence-corrected chi connectivity index (χ2v) is 3.86. The van der Waals surface area contributed by atoms with Gasteiger partial charge in [-0.15, -0.1) is 0 Å². The van der Waals surface area contributed by atoms with Crippen molar-refractivity contribution < 1.29 is 9.90 Å². The fourth-order valence-electron chi connectivity index (χ4n) is 1.67. The van der Waals surface area contributed by atoms with Gasteiger partial charge in [-0.3, -0.25) is 5.43 Å². The van der Waals surface area contributed by atoms with Crippen molar-refractivity contribution in [2.45, 2.75) is 6.92 Å². The van der Waals surface area contributed by atoms with Crippen LogP contribution in [0.5, 0.6) is 0 Å². The highest BCUT2D eigenvalue weighted by Gasteiger charge is 2.12. The van der Waals surface area contributed by atoms with Gasteiger partial charge in [0.1, 0.15) is 17.8 Å². The maximum Gasteiger partial charge on any atom is 0.417 e. The van der Waals surface area contributed by atoms with Crippen molar-refractivity contribution in [1.29, 1.82) is 10.5 Å². The molecule has 0 atom stereocenters. The number of anilines is 1. The molecule has 2 aromatic heterocycles. The smallest absolute Gasteiger partial charge is 0.417 e. The molecule has 8 heteroatoms. The molecule has 20 heavy (non-hydrogen) atoms. The van der Waals surface area contributed by atoms with Gasteiger partial charge in [-0.25, -0.2) is 14.3 Å². The van der Waals surface area contributed by atoms with E-state index in [4.69, 9.17) is 15.6 Å². The molecule has 2 rings (SSSR count). The van der Waals surface area contributed by atoms with Crippen molar-refractivity contribution in [2.75, 3.05) is 5.43 Å². The van der Waals surface area contributed by atoms with Gasteiger partial charge in [0, 0.05) is 11.6 Å². The zero-order valence-electron chi connectivity index (χ0n) is 10.3. The molecule has 0 aliphatic carbocycles. The summed E-state index contributed by atoms with van der Waals surface area (Å²) >= 11 is 0. The van der Waals surface area contributed by atoms with Gasteiger partial charge in [-0.2, -0.15) is 15.6 Å². The summed E-state index contributed by atoms with van der Waals surface area (Å²) in [4.78, 5) is 15.1. The molecule has 0 spiro atoms. The molecule has 98 valence electrons. The van der Waals surface area contributed by atoms with Crippen LogP contribution in [0.15, 0.2) is 23.6 Å². The Hall–Kier alpha value is -3.39. The van der Waals surface area contributed by atoms with E-state index in [0.717, 1.165) is 10.1 Å². The van der Waals surface area contributed by atoms with Gasteiger partial charge in [0.05, 0.1) is 11.9 Å². The highest BCUT2D eigenvalue weighted by Crippen LogP contribution is 2.22. The number of aryl methyl sites for hydroxylation is 1. The highest BCUT2D eigenvalue weighted by atomic mass is 16.4. The molecule has 0 saturated carbocycles. The molecule has 8 nitrogen and oxygen atoms in total. The third kappa shape index (κ3) is 2.26. The lowest BCUT2D eigenvalue weighted by Gasteiger charge is -2.01. The van der Waals surface area contributed by atoms with Crippen molar-refractivity contribution >= 4 is 28.5 Å². The summed E-state index contributed by atoms with van der Waals surface area (Å²) in [6, 6.07) is 4.87. The van der Waals surface area contributed by atoms with E-state index in [1.165, 1.54) is 12.4 Å². The highest BCUT2D eigenvalue weighted by molar-refractivity contribution is 6.10. The van der Waals surface area contributed by atoms with E-state index < -0.39 is 6.09 Å². The second-order valence-electron chi connectivity index (χ2n) is 3.86. The Morgan fingerprint density at radius 2 is 2.20 bits per heavy atom. The van der Waals surface area contributed by atoms with Gasteiger partial charge in [0.15, 0.2) is 0 Å². The molecule has 0 aliphatic heterocycles. The Morgan fingerprint density at radius 3 is 2.80 bits per heavy atom. The minimum Gasteiger partial charge on any atom is -0.464 e. The number of carboxylic acid groups (broad SMARTS) is 1. The standard InChI is InChI=1S/C12H8N6O2/c1-7-6-18(12(19)20)11-10(7)2-8(5-15-11)16-17-9(3-13)4-14/h2,5-6,16H,1H3,(H,19,20). The molecule has 2 N–H and O–H groups in total. The Morgan fingerprint density at radius 1 is 1.50 bits per heavy atom. The van der Waals surface area contributed by atoms with E-state index >= 15 is 0 Å². The first-order valence-electron chi connectivity index (χ1n) is 5.41. The molecular formula is C12H8N6O2. The van der Waals surface area contributed by atoms with E-state index in [1.54, 1.807) is 25.1 Å². The van der Waals surface area contributed by atoms with Gasteiger partial charge < -0.3 is 5.11 Å². The summed E-state index contributed by atoms with van der Waals surface area (Å²) in [5.74, 6) is 0. The molecule has 2 aromatic rings. The van der Waals surface area contributed by atoms with E-state index in [0.29, 0.717) is 16.7 Å². The van der Waals surface area contributed by atoms with Crippen LogP contribution in [0.25, 0.3) is 11.0 Å². The predicted octanol–water partition coefficient (Wildman–Crippen LogP) is 1.69. The molecule has 0 fully saturated rings. The summed E-state index contributed by atoms with van der Waals surface area (Å²) in [5.41, 5.74) is 3.71. The lowest BCUT2D eigenvalue weighted by Crippen LogP contribution is -2.06. The van der Waals surface area contributed by atoms with Crippen molar-refractivity contribution in [3.05, 3.63) is 24.0 Å². The fourth-order valence-corrected chi connectivity index (χ4v) is 1.67. The SMILES string of the molecule is Cc1cn(C(=O)O)c2ncc(NN=C(C#N)C#N)cc12. The maximum atomic E-state index is 11.0. The summed E-state index contributed by atoms with van der Waals surface area (Å²) in [6.07, 6.45) is 1.71. The van der Waals surface area contributed by atoms with Gasteiger partial charge in [0.2, 0.25) is 5.71 Å². The number of pyridine rings is 1. The van der Waals surface area contributed by atoms with Crippen LogP contribution in [0.3, 0.4) is 0 Å². The summed E-state index contributed by atoms with van der Waals surface area (Å²) < 4.78 is 1.02. The van der Waals surface area contributed by atoms with Crippen molar-refractivity contribution in [3.8, 4) is 12.1 Å². The number of nitrogens with one attached hydrogen (secondary N) is 1. The number of hydrazone groups is 1. The second kappa shape index (κ2) is 5.08. The zero-order valence-corrected chi connectivity index (χ0v) is 10.3. The topological polar surface area (TPSA) is 127 Å². The average molecular weight is 268 g/mol. The number of rotatable bonds is 2. The molecular weight excluding hydrogens is 260 g/mol. The predicted molar refractivity (Wildman–Crippen MR) is 70.2 cm³/mol. The van der Waals surface area contributed by atoms with Crippen LogP contribution in [0.1, 0.15) is 5.56 Å². The third-order valence-electron chi connectivity index (χ3n) is 2.56. The van der Waals surface area contributed by atoms with Gasteiger partial charge >= 0.3 is 6.09 Å². The lowest BCUT2D eigenvalue weighted by atomic mass is 10.2. The van der Waals surface area contributed by atoms with Crippen LogP contribution in [0.4, 0.5) is 10.5 Å². The molecule has 0 amide bonds. The van der Waals surface area contributed by atoms with E-state index in [9.17, 15) is 4.79 Å². The number of hydrogen-bond acceptors (Lipinski definition) is 6. The van der Waals surface area contributed by atoms with Crippen LogP contribution >= 0.6 is 0 Å². The van der Waals surface area contributed by atoms with Crippen molar-refractivity contribution in [3.63, 3.8) is 0 Å². The van der Waals surface area contributed by atoms with Crippen LogP contribution in [-0.4, -0.2) is 26.5 Å². The van der Waals surface area contributed by atoms with Gasteiger partial charge in [0.25, 0.3) is 0 Å². The van der Waals surface area contributed by atoms with Crippen molar-refractivity contribution in [2.24, 2.45) is 5.10 Å². The number of nitriles is 2. The first kappa shape index (κ1) is 13.1. The minimum atomic E-state index is -1.12. The van der Waals surface area contributed by atoms with E-state index in [-0.39, 0.29) is 5.71 Å². The maximum absolute atomic E-state index is 11.0. The number of carbonyl (C=O) groups is 1. The van der Waals surface area contributed by atoms with E-state index in [2.05, 4.69) is 15.5 Å². The Labute approximate surface area is 113 Å². The summed E-state index contributed by atoms with van der Waals surface area (Å²) in [7, 11) is 0. The molecule has 0 aliphatic rings. The van der Waals surface area contributed by atoms with Crippen LogP contribution < -0.4 is 5.43 Å². The molecule has 0 aromatic carbocycles. The Bertz CT molecular complexity index is 790. The fraction of sp³-hybridized carbons (Fsp3) is 0.0833. The molecule has 0 unspecified atom stereocenters. The first-order valence-corrected chi connectivity index (χ1v) is 5.41. The quantitative estimate of drug-likeness (QED) is 0.630. The number of fused-ring (bicyclic) bond motifs is 1. The van der Waals surface area contributed by atoms with Gasteiger partial charge in [-0.1, -0.05) is 0 Å². The molecule has 0 bridgehead atoms. The normalized spacial score (nSPS) is 9.55. The average Bonchev–Trinajstić information content (AvgIpc) is 2.77. The largest absolute Gasteiger partial charge is 0.464 e. The van der Waals surface area contributed by atoms with E-state index in [1.807, 2.05) is 0 Å². The Kier molecular flexibility index (Phi) is 3.32. The molecule has 0 saturated heterocycles. The summed E-state index contributed by atoms with van der Waals surface area (Å²) in [5, 5.41) is 30.4. The number of hydrogen-bond donors (Lipinski definition) is 2. The number of nitrogens with zero attached hydrogens (tertiary/aromatic N) is 5. The van der Waals surface area contributed by atoms with Crippen LogP contribution in [0.2, 0.25) is 0 Å². The Balaban J connectivity index is 2.44. The van der Waals surface area contributed by atoms with Gasteiger partial charge in [-0.05, 0) is 18.6 Å². The monoisotopic (exact) mass is 268 g/mol. The van der Waals surface area contributed by atoms with Crippen LogP contribution in [-0.2, 0) is 0 Å². The lowest BCUT2D eigenvalue weighted by molar-refractivity contribution is 0.197. The van der Waals surface area contributed by atoms with Crippen LogP contribution in [0, 0.1) is 29.6 Å². The third-order valence-corrected chi connectivity index (χ3v) is 2.56. The first-order chi connectivity index (χ1) is 9.56.